The van der Waals surface area contributed by atoms with E-state index in [9.17, 15) is 24.5 Å². The van der Waals surface area contributed by atoms with Crippen LogP contribution in [-0.4, -0.2) is 39.1 Å². The van der Waals surface area contributed by atoms with Gasteiger partial charge in [0, 0.05) is 18.3 Å². The second-order valence-electron chi connectivity index (χ2n) is 6.86. The second kappa shape index (κ2) is 8.15. The zero-order chi connectivity index (χ0) is 22.0. The van der Waals surface area contributed by atoms with Crippen LogP contribution in [0.4, 0.5) is 11.4 Å². The molecule has 9 heteroatoms. The molecule has 0 saturated heterocycles. The Morgan fingerprint density at radius 1 is 1.03 bits per heavy atom. The van der Waals surface area contributed by atoms with Crippen molar-refractivity contribution >= 4 is 29.1 Å². The Hall–Kier alpha value is -4.40. The molecule has 2 heterocycles. The molecule has 1 N–H and O–H groups in total. The van der Waals surface area contributed by atoms with Crippen molar-refractivity contribution in [2.75, 3.05) is 11.9 Å². The van der Waals surface area contributed by atoms with Gasteiger partial charge < -0.3 is 5.32 Å². The van der Waals surface area contributed by atoms with E-state index < -0.39 is 22.6 Å². The number of aromatic nitrogens is 1. The first-order chi connectivity index (χ1) is 15.0. The van der Waals surface area contributed by atoms with Crippen LogP contribution >= 0.6 is 0 Å². The minimum absolute atomic E-state index is 0.0163. The molecule has 154 valence electrons. The van der Waals surface area contributed by atoms with Crippen molar-refractivity contribution in [2.45, 2.75) is 6.42 Å². The van der Waals surface area contributed by atoms with E-state index in [1.54, 1.807) is 0 Å². The van der Waals surface area contributed by atoms with Crippen molar-refractivity contribution < 1.29 is 19.3 Å². The van der Waals surface area contributed by atoms with Crippen molar-refractivity contribution in [3.8, 4) is 0 Å². The molecule has 31 heavy (non-hydrogen) atoms. The first-order valence-electron chi connectivity index (χ1n) is 9.39. The predicted octanol–water partition coefficient (Wildman–Crippen LogP) is 3.08. The third-order valence-electron chi connectivity index (χ3n) is 4.94. The van der Waals surface area contributed by atoms with Gasteiger partial charge in [-0.1, -0.05) is 30.3 Å². The number of carbonyl (C=O) groups excluding carboxylic acids is 3. The molecule has 1 aromatic heterocycles. The normalized spacial score (nSPS) is 12.6. The molecule has 4 rings (SSSR count). The maximum Gasteiger partial charge on any atom is 0.310 e. The van der Waals surface area contributed by atoms with Gasteiger partial charge >= 0.3 is 5.69 Å². The van der Waals surface area contributed by atoms with Crippen LogP contribution in [0.5, 0.6) is 0 Å². The summed E-state index contributed by atoms with van der Waals surface area (Å²) >= 11 is 0. The highest BCUT2D eigenvalue weighted by Gasteiger charge is 2.35. The summed E-state index contributed by atoms with van der Waals surface area (Å²) in [6.07, 6.45) is 2.87. The van der Waals surface area contributed by atoms with Gasteiger partial charge in [-0.3, -0.25) is 34.4 Å². The molecule has 0 saturated carbocycles. The monoisotopic (exact) mass is 416 g/mol. The van der Waals surface area contributed by atoms with E-state index in [4.69, 9.17) is 0 Å². The van der Waals surface area contributed by atoms with Crippen molar-refractivity contribution in [3.05, 3.63) is 99.4 Å². The zero-order valence-electron chi connectivity index (χ0n) is 16.1. The highest BCUT2D eigenvalue weighted by atomic mass is 16.6. The van der Waals surface area contributed by atoms with Crippen LogP contribution in [0.3, 0.4) is 0 Å². The number of nitro groups is 1. The molecule has 0 bridgehead atoms. The number of hydrogen-bond acceptors (Lipinski definition) is 6. The van der Waals surface area contributed by atoms with Gasteiger partial charge in [0.1, 0.15) is 11.9 Å². The Labute approximate surface area is 176 Å². The van der Waals surface area contributed by atoms with Gasteiger partial charge in [0.15, 0.2) is 0 Å². The van der Waals surface area contributed by atoms with E-state index in [1.165, 1.54) is 30.5 Å². The lowest BCUT2D eigenvalue weighted by Gasteiger charge is -2.13. The smallest absolute Gasteiger partial charge is 0.310 e. The number of imide groups is 1. The summed E-state index contributed by atoms with van der Waals surface area (Å²) in [7, 11) is 0. The Morgan fingerprint density at radius 2 is 1.77 bits per heavy atom. The minimum Gasteiger partial charge on any atom is -0.316 e. The molecule has 2 aromatic carbocycles. The molecule has 0 atom stereocenters. The average Bonchev–Trinajstić information content (AvgIpc) is 3.02. The molecule has 0 unspecified atom stereocenters. The summed E-state index contributed by atoms with van der Waals surface area (Å²) in [5.41, 5.74) is 1.10. The lowest BCUT2D eigenvalue weighted by Crippen LogP contribution is -2.31. The van der Waals surface area contributed by atoms with Gasteiger partial charge in [0.2, 0.25) is 0 Å². The third-order valence-corrected chi connectivity index (χ3v) is 4.94. The van der Waals surface area contributed by atoms with E-state index in [0.717, 1.165) is 16.7 Å². The van der Waals surface area contributed by atoms with E-state index >= 15 is 0 Å². The molecule has 0 fully saturated rings. The van der Waals surface area contributed by atoms with Crippen LogP contribution in [0.2, 0.25) is 0 Å². The number of nitrogens with zero attached hydrogens (tertiary/aromatic N) is 3. The Bertz CT molecular complexity index is 1210. The first-order valence-corrected chi connectivity index (χ1v) is 9.39. The fraction of sp³-hybridized carbons (Fsp3) is 0.0909. The van der Waals surface area contributed by atoms with E-state index in [0.29, 0.717) is 6.42 Å². The molecule has 3 aromatic rings. The second-order valence-corrected chi connectivity index (χ2v) is 6.86. The Balaban J connectivity index is 1.53. The molecule has 0 spiro atoms. The summed E-state index contributed by atoms with van der Waals surface area (Å²) in [6.45, 7) is 0.223. The summed E-state index contributed by atoms with van der Waals surface area (Å²) in [5.74, 6) is -1.52. The molecule has 1 aliphatic heterocycles. The number of nitrogens with one attached hydrogen (secondary N) is 1. The number of hydrogen-bond donors (Lipinski definition) is 1. The lowest BCUT2D eigenvalue weighted by molar-refractivity contribution is -0.384. The quantitative estimate of drug-likeness (QED) is 0.374. The molecule has 0 radical (unpaired) electrons. The van der Waals surface area contributed by atoms with Gasteiger partial charge in [0.25, 0.3) is 17.7 Å². The summed E-state index contributed by atoms with van der Waals surface area (Å²) in [4.78, 5) is 53.3. The maximum absolute atomic E-state index is 12.8. The van der Waals surface area contributed by atoms with Crippen molar-refractivity contribution in [3.63, 3.8) is 0 Å². The maximum atomic E-state index is 12.8. The SMILES string of the molecule is O=C(Nc1ccncc1[N+](=O)[O-])c1ccc2c(c1)C(=O)N(CCc1ccccc1)C2=O. The van der Waals surface area contributed by atoms with Crippen molar-refractivity contribution in [2.24, 2.45) is 0 Å². The topological polar surface area (TPSA) is 123 Å². The fourth-order valence-electron chi connectivity index (χ4n) is 3.35. The standard InChI is InChI=1S/C22H16N4O5/c27-20(24-18-8-10-23-13-19(18)26(30)31)15-6-7-16-17(12-15)22(29)25(21(16)28)11-9-14-4-2-1-3-5-14/h1-8,10,12-13H,9,11H2,(H,23,24,27). The molecular formula is C22H16N4O5. The Morgan fingerprint density at radius 3 is 2.52 bits per heavy atom. The van der Waals surface area contributed by atoms with E-state index in [1.807, 2.05) is 30.3 Å². The predicted molar refractivity (Wildman–Crippen MR) is 111 cm³/mol. The summed E-state index contributed by atoms with van der Waals surface area (Å²) in [6, 6.07) is 15.0. The zero-order valence-corrected chi connectivity index (χ0v) is 16.1. The fourth-order valence-corrected chi connectivity index (χ4v) is 3.35. The van der Waals surface area contributed by atoms with Gasteiger partial charge in [-0.25, -0.2) is 0 Å². The first kappa shape index (κ1) is 19.9. The van der Waals surface area contributed by atoms with Crippen LogP contribution in [0, 0.1) is 10.1 Å². The van der Waals surface area contributed by atoms with Crippen molar-refractivity contribution in [1.29, 1.82) is 0 Å². The van der Waals surface area contributed by atoms with Crippen LogP contribution < -0.4 is 5.32 Å². The highest BCUT2D eigenvalue weighted by molar-refractivity contribution is 6.22. The highest BCUT2D eigenvalue weighted by Crippen LogP contribution is 2.26. The van der Waals surface area contributed by atoms with Crippen LogP contribution in [0.1, 0.15) is 36.6 Å². The number of rotatable bonds is 6. The molecule has 3 amide bonds. The van der Waals surface area contributed by atoms with E-state index in [2.05, 4.69) is 10.3 Å². The van der Waals surface area contributed by atoms with Gasteiger partial charge in [0.05, 0.1) is 16.1 Å². The van der Waals surface area contributed by atoms with E-state index in [-0.39, 0.29) is 34.6 Å². The third kappa shape index (κ3) is 3.88. The lowest BCUT2D eigenvalue weighted by atomic mass is 10.1. The molecular weight excluding hydrogens is 400 g/mol. The largest absolute Gasteiger partial charge is 0.316 e. The van der Waals surface area contributed by atoms with Gasteiger partial charge in [-0.2, -0.15) is 0 Å². The molecule has 0 aliphatic carbocycles. The number of carbonyl (C=O) groups is 3. The number of pyridine rings is 1. The van der Waals surface area contributed by atoms with Crippen LogP contribution in [0.15, 0.2) is 67.0 Å². The molecule has 1 aliphatic rings. The van der Waals surface area contributed by atoms with Gasteiger partial charge in [-0.05, 0) is 36.2 Å². The number of fused-ring (bicyclic) bond motifs is 1. The summed E-state index contributed by atoms with van der Waals surface area (Å²) in [5, 5.41) is 13.6. The number of anilines is 1. The van der Waals surface area contributed by atoms with Crippen LogP contribution in [0.25, 0.3) is 0 Å². The number of amides is 3. The Kier molecular flexibility index (Phi) is 5.23. The van der Waals surface area contributed by atoms with Crippen molar-refractivity contribution in [1.82, 2.24) is 9.88 Å². The van der Waals surface area contributed by atoms with Crippen LogP contribution in [-0.2, 0) is 6.42 Å². The molecule has 9 nitrogen and oxygen atoms in total. The van der Waals surface area contributed by atoms with Gasteiger partial charge in [-0.15, -0.1) is 0 Å². The number of benzene rings is 2. The summed E-state index contributed by atoms with van der Waals surface area (Å²) < 4.78 is 0. The average molecular weight is 416 g/mol. The minimum atomic E-state index is -0.655.